The molecule has 1 unspecified atom stereocenters. The molecule has 2 aromatic carbocycles. The van der Waals surface area contributed by atoms with Crippen molar-refractivity contribution in [2.24, 2.45) is 0 Å². The van der Waals surface area contributed by atoms with Crippen molar-refractivity contribution >= 4 is 35.8 Å². The van der Waals surface area contributed by atoms with Gasteiger partial charge in [0.05, 0.1) is 26.2 Å². The number of amides is 6. The molecule has 1 aliphatic carbocycles. The van der Waals surface area contributed by atoms with Gasteiger partial charge in [-0.2, -0.15) is 0 Å². The highest BCUT2D eigenvalue weighted by atomic mass is 16.6. The van der Waals surface area contributed by atoms with Crippen molar-refractivity contribution in [2.45, 2.75) is 51.7 Å². The average molecular weight is 729 g/mol. The topological polar surface area (TPSA) is 167 Å². The summed E-state index contributed by atoms with van der Waals surface area (Å²) < 4.78 is 11.0. The lowest BCUT2D eigenvalue weighted by Gasteiger charge is -2.30. The van der Waals surface area contributed by atoms with Crippen LogP contribution in [0.4, 0.5) is 9.59 Å². The molecule has 0 fully saturated rings. The van der Waals surface area contributed by atoms with Crippen molar-refractivity contribution in [1.82, 2.24) is 30.7 Å². The first-order valence-corrected chi connectivity index (χ1v) is 17.2. The number of carbonyl (C=O) groups is 6. The number of benzene rings is 2. The van der Waals surface area contributed by atoms with Gasteiger partial charge in [-0.25, -0.2) is 9.59 Å². The number of alkyl carbamates (subject to hydrolysis) is 2. The number of nitrogens with one attached hydrogen (secondary N) is 3. The zero-order chi connectivity index (χ0) is 39.1. The van der Waals surface area contributed by atoms with Crippen LogP contribution in [0.25, 0.3) is 11.1 Å². The Balaban J connectivity index is 1.79. The standard InChI is InChI=1S/C39H48N6O8/c1-8-19-43(23-33(46)40-7)34(47)24-44(20-9-2)35(48)25-45(21-10-3)36(49)32(22-41-37(50)53-39(4,5)6)42-38(51)52-26-31-29-17-13-11-15-27(29)28-16-12-14-18-30(28)31/h1,3,11-18,31-32H,9,19-26H2,2,4-7H3,(H,40,46)(H,41,50)(H,42,51). The largest absolute Gasteiger partial charge is 0.449 e. The molecule has 14 nitrogen and oxygen atoms in total. The Bertz CT molecular complexity index is 1690. The molecule has 2 aromatic rings. The first-order valence-electron chi connectivity index (χ1n) is 17.2. The molecule has 0 saturated heterocycles. The highest BCUT2D eigenvalue weighted by Crippen LogP contribution is 2.44. The van der Waals surface area contributed by atoms with Crippen molar-refractivity contribution < 1.29 is 38.2 Å². The number of nitrogens with zero attached hydrogens (tertiary/aromatic N) is 3. The van der Waals surface area contributed by atoms with Crippen LogP contribution in [0.5, 0.6) is 0 Å². The Morgan fingerprint density at radius 3 is 1.91 bits per heavy atom. The van der Waals surface area contributed by atoms with Gasteiger partial charge in [0.2, 0.25) is 23.6 Å². The molecule has 3 rings (SSSR count). The monoisotopic (exact) mass is 728 g/mol. The summed E-state index contributed by atoms with van der Waals surface area (Å²) >= 11 is 0. The predicted octanol–water partition coefficient (Wildman–Crippen LogP) is 2.33. The maximum Gasteiger partial charge on any atom is 0.407 e. The minimum atomic E-state index is -1.43. The first kappa shape index (κ1) is 41.4. The van der Waals surface area contributed by atoms with E-state index in [1.165, 1.54) is 11.9 Å². The number of hydrogen-bond donors (Lipinski definition) is 3. The van der Waals surface area contributed by atoms with Crippen LogP contribution < -0.4 is 16.0 Å². The van der Waals surface area contributed by atoms with E-state index in [1.54, 1.807) is 27.7 Å². The Morgan fingerprint density at radius 1 is 0.811 bits per heavy atom. The molecule has 0 bridgehead atoms. The maximum absolute atomic E-state index is 14.0. The van der Waals surface area contributed by atoms with Gasteiger partial charge in [-0.3, -0.25) is 19.2 Å². The second kappa shape index (κ2) is 19.6. The van der Waals surface area contributed by atoms with Gasteiger partial charge in [-0.15, -0.1) is 12.8 Å². The molecule has 282 valence electrons. The van der Waals surface area contributed by atoms with Crippen molar-refractivity contribution in [1.29, 1.82) is 0 Å². The van der Waals surface area contributed by atoms with Gasteiger partial charge in [-0.1, -0.05) is 67.3 Å². The normalized spacial score (nSPS) is 12.1. The highest BCUT2D eigenvalue weighted by Gasteiger charge is 2.33. The van der Waals surface area contributed by atoms with E-state index >= 15 is 0 Å². The summed E-state index contributed by atoms with van der Waals surface area (Å²) in [5.74, 6) is 2.01. The average Bonchev–Trinajstić information content (AvgIpc) is 3.44. The molecule has 0 heterocycles. The third-order valence-corrected chi connectivity index (χ3v) is 8.12. The Morgan fingerprint density at radius 2 is 1.36 bits per heavy atom. The Labute approximate surface area is 310 Å². The minimum absolute atomic E-state index is 0.0383. The summed E-state index contributed by atoms with van der Waals surface area (Å²) in [7, 11) is 1.42. The van der Waals surface area contributed by atoms with E-state index in [9.17, 15) is 28.8 Å². The molecule has 0 spiro atoms. The zero-order valence-corrected chi connectivity index (χ0v) is 30.9. The lowest BCUT2D eigenvalue weighted by Crippen LogP contribution is -2.56. The number of ether oxygens (including phenoxy) is 2. The Hall–Kier alpha value is -6.02. The summed E-state index contributed by atoms with van der Waals surface area (Å²) in [6.45, 7) is 4.72. The van der Waals surface area contributed by atoms with Gasteiger partial charge in [0, 0.05) is 19.5 Å². The van der Waals surface area contributed by atoms with Crippen molar-refractivity contribution in [3.05, 3.63) is 59.7 Å². The fourth-order valence-electron chi connectivity index (χ4n) is 5.71. The van der Waals surface area contributed by atoms with Crippen LogP contribution >= 0.6 is 0 Å². The summed E-state index contributed by atoms with van der Waals surface area (Å²) in [6.07, 6.45) is 9.68. The fourth-order valence-corrected chi connectivity index (χ4v) is 5.71. The molecule has 6 amide bonds. The summed E-state index contributed by atoms with van der Waals surface area (Å²) in [5.41, 5.74) is 3.21. The molecule has 3 N–H and O–H groups in total. The van der Waals surface area contributed by atoms with Gasteiger partial charge in [0.25, 0.3) is 0 Å². The van der Waals surface area contributed by atoms with E-state index in [1.807, 2.05) is 48.5 Å². The van der Waals surface area contributed by atoms with Crippen LogP contribution in [0, 0.1) is 24.7 Å². The van der Waals surface area contributed by atoms with Crippen LogP contribution in [-0.4, -0.2) is 122 Å². The second-order valence-electron chi connectivity index (χ2n) is 13.2. The highest BCUT2D eigenvalue weighted by molar-refractivity contribution is 5.92. The molecule has 0 aliphatic heterocycles. The van der Waals surface area contributed by atoms with Gasteiger partial charge in [0.15, 0.2) is 0 Å². The predicted molar refractivity (Wildman–Crippen MR) is 198 cm³/mol. The van der Waals surface area contributed by atoms with E-state index in [-0.39, 0.29) is 38.7 Å². The molecular formula is C39H48N6O8. The zero-order valence-electron chi connectivity index (χ0n) is 30.9. The number of fused-ring (bicyclic) bond motifs is 3. The summed E-state index contributed by atoms with van der Waals surface area (Å²) in [6, 6.07) is 14.2. The molecule has 14 heteroatoms. The van der Waals surface area contributed by atoms with E-state index < -0.39 is 67.1 Å². The van der Waals surface area contributed by atoms with Crippen molar-refractivity contribution in [2.75, 3.05) is 59.5 Å². The van der Waals surface area contributed by atoms with E-state index in [2.05, 4.69) is 27.8 Å². The minimum Gasteiger partial charge on any atom is -0.449 e. The van der Waals surface area contributed by atoms with E-state index in [4.69, 9.17) is 22.3 Å². The van der Waals surface area contributed by atoms with Crippen molar-refractivity contribution in [3.8, 4) is 35.8 Å². The van der Waals surface area contributed by atoms with Crippen LogP contribution in [0.2, 0.25) is 0 Å². The number of carbonyl (C=O) groups excluding carboxylic acids is 6. The quantitative estimate of drug-likeness (QED) is 0.222. The van der Waals surface area contributed by atoms with Gasteiger partial charge in [0.1, 0.15) is 31.3 Å². The lowest BCUT2D eigenvalue weighted by atomic mass is 9.98. The number of hydrogen-bond acceptors (Lipinski definition) is 8. The van der Waals surface area contributed by atoms with Crippen LogP contribution in [0.1, 0.15) is 51.2 Å². The van der Waals surface area contributed by atoms with Gasteiger partial charge >= 0.3 is 12.2 Å². The van der Waals surface area contributed by atoms with Crippen LogP contribution in [0.3, 0.4) is 0 Å². The second-order valence-corrected chi connectivity index (χ2v) is 13.2. The molecule has 0 aromatic heterocycles. The fraction of sp³-hybridized carbons (Fsp3) is 0.436. The van der Waals surface area contributed by atoms with Crippen LogP contribution in [-0.2, 0) is 28.7 Å². The van der Waals surface area contributed by atoms with Crippen molar-refractivity contribution in [3.63, 3.8) is 0 Å². The molecule has 1 atom stereocenters. The van der Waals surface area contributed by atoms with Crippen LogP contribution in [0.15, 0.2) is 48.5 Å². The molecular weight excluding hydrogens is 680 g/mol. The van der Waals surface area contributed by atoms with Gasteiger partial charge < -0.3 is 40.1 Å². The number of terminal acetylenes is 2. The molecule has 0 radical (unpaired) electrons. The molecule has 1 aliphatic rings. The summed E-state index contributed by atoms with van der Waals surface area (Å²) in [4.78, 5) is 81.9. The third kappa shape index (κ3) is 12.0. The molecule has 0 saturated carbocycles. The Kier molecular flexibility index (Phi) is 15.3. The molecule has 53 heavy (non-hydrogen) atoms. The summed E-state index contributed by atoms with van der Waals surface area (Å²) in [5, 5.41) is 7.44. The number of rotatable bonds is 16. The third-order valence-electron chi connectivity index (χ3n) is 8.12. The number of likely N-dealkylation sites (N-methyl/N-ethyl adjacent to an activating group) is 1. The van der Waals surface area contributed by atoms with Gasteiger partial charge in [-0.05, 0) is 49.4 Å². The van der Waals surface area contributed by atoms with E-state index in [0.29, 0.717) is 6.42 Å². The maximum atomic E-state index is 14.0. The van der Waals surface area contributed by atoms with E-state index in [0.717, 1.165) is 32.1 Å². The smallest absolute Gasteiger partial charge is 0.407 e. The SMILES string of the molecule is C#CCN(CC(=O)NC)C(=O)CN(CCC)C(=O)CN(CC#C)C(=O)C(CNC(=O)OC(C)(C)C)NC(=O)OCC1c2ccccc2-c2ccccc21. The lowest BCUT2D eigenvalue weighted by molar-refractivity contribution is -0.145. The first-order chi connectivity index (χ1) is 25.2.